The molecule has 0 fully saturated rings. The van der Waals surface area contributed by atoms with E-state index in [2.05, 4.69) is 30.9 Å². The van der Waals surface area contributed by atoms with E-state index < -0.39 is 0 Å². The lowest BCUT2D eigenvalue weighted by molar-refractivity contribution is -0.109. The average molecular weight is 361 g/mol. The maximum Gasteiger partial charge on any atom is 0.228 e. The minimum atomic E-state index is -0.235. The molecule has 0 aromatic heterocycles. The number of hydrogen-bond acceptors (Lipinski definition) is 3. The van der Waals surface area contributed by atoms with Gasteiger partial charge < -0.3 is 10.8 Å². The molecule has 1 atom stereocenters. The molecule has 2 rings (SSSR count). The van der Waals surface area contributed by atoms with Crippen molar-refractivity contribution in [2.75, 3.05) is 0 Å². The lowest BCUT2D eigenvalue weighted by Gasteiger charge is -2.14. The van der Waals surface area contributed by atoms with E-state index in [1.807, 2.05) is 31.2 Å². The number of aromatic hydroxyl groups is 1. The Morgan fingerprint density at radius 2 is 2.07 bits per heavy atom. The first-order valence-corrected chi connectivity index (χ1v) is 9.33. The molecule has 3 N–H and O–H groups in total. The third kappa shape index (κ3) is 6.44. The minimum absolute atomic E-state index is 0.220. The van der Waals surface area contributed by atoms with Crippen LogP contribution in [-0.4, -0.2) is 10.9 Å². The molecule has 0 aliphatic rings. The molecule has 0 spiro atoms. The van der Waals surface area contributed by atoms with Crippen LogP contribution in [0.5, 0.6) is 5.75 Å². The van der Waals surface area contributed by atoms with E-state index in [0.717, 1.165) is 29.5 Å². The molecule has 2 aromatic rings. The monoisotopic (exact) mass is 361 g/mol. The van der Waals surface area contributed by atoms with Crippen LogP contribution in [0.3, 0.4) is 0 Å². The van der Waals surface area contributed by atoms with Gasteiger partial charge in [-0.2, -0.15) is 0 Å². The van der Waals surface area contributed by atoms with E-state index >= 15 is 0 Å². The number of phenolic OH excluding ortho intramolecular Hbond substituents is 1. The summed E-state index contributed by atoms with van der Waals surface area (Å²) in [6.45, 7) is 4.50. The van der Waals surface area contributed by atoms with Crippen LogP contribution >= 0.6 is 0 Å². The topological polar surface area (TPSA) is 63.3 Å². The number of aryl methyl sites for hydroxylation is 1. The van der Waals surface area contributed by atoms with Crippen molar-refractivity contribution >= 4 is 11.9 Å². The Hall–Kier alpha value is -2.83. The molecule has 2 aromatic carbocycles. The molecule has 27 heavy (non-hydrogen) atoms. The second-order valence-corrected chi connectivity index (χ2v) is 6.68. The van der Waals surface area contributed by atoms with Gasteiger partial charge in [0.1, 0.15) is 5.75 Å². The van der Waals surface area contributed by atoms with E-state index in [-0.39, 0.29) is 11.5 Å². The SMILES string of the molecule is CCCC(CC#CC(=O)/C=C\c1ccc(C)c(O)c1)c1cccc(CN)c1. The summed E-state index contributed by atoms with van der Waals surface area (Å²) < 4.78 is 0. The highest BCUT2D eigenvalue weighted by Crippen LogP contribution is 2.25. The number of benzene rings is 2. The number of rotatable bonds is 7. The van der Waals surface area contributed by atoms with Gasteiger partial charge in [0.2, 0.25) is 5.78 Å². The first-order valence-electron chi connectivity index (χ1n) is 9.33. The van der Waals surface area contributed by atoms with Crippen molar-refractivity contribution in [2.45, 2.75) is 45.6 Å². The number of allylic oxidation sites excluding steroid dienone is 1. The van der Waals surface area contributed by atoms with Crippen LogP contribution in [0.2, 0.25) is 0 Å². The van der Waals surface area contributed by atoms with Gasteiger partial charge in [-0.15, -0.1) is 0 Å². The van der Waals surface area contributed by atoms with Crippen molar-refractivity contribution in [2.24, 2.45) is 5.73 Å². The van der Waals surface area contributed by atoms with Crippen molar-refractivity contribution < 1.29 is 9.90 Å². The molecular weight excluding hydrogens is 334 g/mol. The second-order valence-electron chi connectivity index (χ2n) is 6.68. The molecule has 0 saturated heterocycles. The molecule has 0 heterocycles. The molecule has 0 aliphatic carbocycles. The van der Waals surface area contributed by atoms with Crippen molar-refractivity contribution in [3.8, 4) is 17.6 Å². The van der Waals surface area contributed by atoms with Gasteiger partial charge in [0.25, 0.3) is 0 Å². The van der Waals surface area contributed by atoms with Gasteiger partial charge in [0.05, 0.1) is 0 Å². The maximum atomic E-state index is 12.0. The summed E-state index contributed by atoms with van der Waals surface area (Å²) in [5.74, 6) is 6.03. The highest BCUT2D eigenvalue weighted by molar-refractivity contribution is 6.06. The number of hydrogen-bond donors (Lipinski definition) is 2. The van der Waals surface area contributed by atoms with Crippen LogP contribution in [-0.2, 0) is 11.3 Å². The largest absolute Gasteiger partial charge is 0.508 e. The zero-order chi connectivity index (χ0) is 19.6. The molecule has 0 aliphatic heterocycles. The Bertz CT molecular complexity index is 871. The van der Waals surface area contributed by atoms with Gasteiger partial charge in [0, 0.05) is 13.0 Å². The number of carbonyl (C=O) groups is 1. The second kappa shape index (κ2) is 10.4. The van der Waals surface area contributed by atoms with Crippen LogP contribution in [0, 0.1) is 18.8 Å². The van der Waals surface area contributed by atoms with Crippen molar-refractivity contribution in [3.63, 3.8) is 0 Å². The maximum absolute atomic E-state index is 12.0. The molecule has 3 nitrogen and oxygen atoms in total. The van der Waals surface area contributed by atoms with Gasteiger partial charge in [-0.05, 0) is 59.6 Å². The molecular formula is C24H27NO2. The summed E-state index contributed by atoms with van der Waals surface area (Å²) in [5.41, 5.74) is 9.66. The summed E-state index contributed by atoms with van der Waals surface area (Å²) in [5, 5.41) is 9.71. The fraction of sp³-hybridized carbons (Fsp3) is 0.292. The predicted octanol–water partition coefficient (Wildman–Crippen LogP) is 4.72. The summed E-state index contributed by atoms with van der Waals surface area (Å²) in [6.07, 6.45) is 5.84. The first kappa shape index (κ1) is 20.5. The van der Waals surface area contributed by atoms with E-state index in [4.69, 9.17) is 5.73 Å². The molecule has 140 valence electrons. The van der Waals surface area contributed by atoms with Gasteiger partial charge in [-0.1, -0.05) is 61.7 Å². The van der Waals surface area contributed by atoms with Crippen LogP contribution in [0.25, 0.3) is 6.08 Å². The zero-order valence-corrected chi connectivity index (χ0v) is 16.0. The standard InChI is InChI=1S/C24H27NO2/c1-3-6-21(22-9-4-7-20(15-22)17-25)8-5-10-23(26)14-13-19-12-11-18(2)24(27)16-19/h4,7,9,11-16,21,27H,3,6,8,17,25H2,1-2H3/b14-13-. The number of nitrogens with two attached hydrogens (primary N) is 1. The number of ketones is 1. The van der Waals surface area contributed by atoms with E-state index in [9.17, 15) is 9.90 Å². The average Bonchev–Trinajstić information content (AvgIpc) is 2.68. The molecule has 0 amide bonds. The third-order valence-corrected chi connectivity index (χ3v) is 4.52. The van der Waals surface area contributed by atoms with Crippen LogP contribution in [0.15, 0.2) is 48.5 Å². The first-order chi connectivity index (χ1) is 13.0. The lowest BCUT2D eigenvalue weighted by Crippen LogP contribution is -2.01. The Morgan fingerprint density at radius 1 is 1.26 bits per heavy atom. The Balaban J connectivity index is 2.02. The highest BCUT2D eigenvalue weighted by Gasteiger charge is 2.09. The van der Waals surface area contributed by atoms with Gasteiger partial charge in [-0.3, -0.25) is 4.79 Å². The molecule has 0 radical (unpaired) electrons. The van der Waals surface area contributed by atoms with Crippen molar-refractivity contribution in [1.29, 1.82) is 0 Å². The van der Waals surface area contributed by atoms with E-state index in [1.54, 1.807) is 12.1 Å². The number of carbonyl (C=O) groups excluding carboxylic acids is 1. The normalized spacial score (nSPS) is 11.8. The quantitative estimate of drug-likeness (QED) is 0.426. The van der Waals surface area contributed by atoms with Crippen LogP contribution < -0.4 is 5.73 Å². The number of phenols is 1. The van der Waals surface area contributed by atoms with E-state index in [1.165, 1.54) is 11.6 Å². The van der Waals surface area contributed by atoms with Crippen LogP contribution in [0.1, 0.15) is 54.4 Å². The van der Waals surface area contributed by atoms with E-state index in [0.29, 0.717) is 18.9 Å². The minimum Gasteiger partial charge on any atom is -0.508 e. The summed E-state index contributed by atoms with van der Waals surface area (Å²) in [6, 6.07) is 13.6. The zero-order valence-electron chi connectivity index (χ0n) is 16.0. The fourth-order valence-corrected chi connectivity index (χ4v) is 2.91. The molecule has 0 saturated carbocycles. The van der Waals surface area contributed by atoms with Crippen LogP contribution in [0.4, 0.5) is 0 Å². The summed E-state index contributed by atoms with van der Waals surface area (Å²) >= 11 is 0. The molecule has 1 unspecified atom stereocenters. The summed E-state index contributed by atoms with van der Waals surface area (Å²) in [7, 11) is 0. The highest BCUT2D eigenvalue weighted by atomic mass is 16.3. The summed E-state index contributed by atoms with van der Waals surface area (Å²) in [4.78, 5) is 12.0. The fourth-order valence-electron chi connectivity index (χ4n) is 2.91. The van der Waals surface area contributed by atoms with Gasteiger partial charge >= 0.3 is 0 Å². The van der Waals surface area contributed by atoms with Crippen molar-refractivity contribution in [1.82, 2.24) is 0 Å². The third-order valence-electron chi connectivity index (χ3n) is 4.52. The molecule has 0 bridgehead atoms. The van der Waals surface area contributed by atoms with Crippen molar-refractivity contribution in [3.05, 3.63) is 70.8 Å². The van der Waals surface area contributed by atoms with Gasteiger partial charge in [-0.25, -0.2) is 0 Å². The van der Waals surface area contributed by atoms with Gasteiger partial charge in [0.15, 0.2) is 0 Å². The Kier molecular flexibility index (Phi) is 7.85. The lowest BCUT2D eigenvalue weighted by atomic mass is 9.90. The smallest absolute Gasteiger partial charge is 0.228 e. The Morgan fingerprint density at radius 3 is 2.78 bits per heavy atom. The predicted molar refractivity (Wildman–Crippen MR) is 111 cm³/mol. The molecule has 3 heteroatoms. The Labute approximate surface area is 161 Å².